The lowest BCUT2D eigenvalue weighted by Gasteiger charge is -2.29. The van der Waals surface area contributed by atoms with Gasteiger partial charge in [0.05, 0.1) is 27.1 Å². The molecule has 0 atom stereocenters. The predicted molar refractivity (Wildman–Crippen MR) is 157 cm³/mol. The molecule has 216 valence electrons. The number of hydrogen-bond donors (Lipinski definition) is 2. The Morgan fingerprint density at radius 1 is 1.12 bits per heavy atom. The van der Waals surface area contributed by atoms with Gasteiger partial charge in [-0.3, -0.25) is 5.10 Å². The molecule has 0 spiro atoms. The third-order valence-electron chi connectivity index (χ3n) is 6.48. The van der Waals surface area contributed by atoms with Gasteiger partial charge in [-0.15, -0.1) is 0 Å². The summed E-state index contributed by atoms with van der Waals surface area (Å²) in [4.78, 5) is 11.3. The van der Waals surface area contributed by atoms with E-state index in [4.69, 9.17) is 9.72 Å². The van der Waals surface area contributed by atoms with Crippen molar-refractivity contribution in [1.29, 1.82) is 0 Å². The number of methoxy groups -OCH3 is 1. The van der Waals surface area contributed by atoms with Crippen LogP contribution < -0.4 is 15.0 Å². The second kappa shape index (κ2) is 12.3. The normalized spacial score (nSPS) is 13.8. The molecule has 0 amide bonds. The van der Waals surface area contributed by atoms with Crippen molar-refractivity contribution in [2.24, 2.45) is 0 Å². The Hall–Kier alpha value is -3.23. The Bertz CT molecular complexity index is 1680. The average Bonchev–Trinajstić information content (AvgIpc) is 3.36. The molecule has 0 aliphatic carbocycles. The van der Waals surface area contributed by atoms with Crippen molar-refractivity contribution in [1.82, 2.24) is 20.2 Å². The minimum Gasteiger partial charge on any atom is -0.490 e. The SMILES string of the molecule is COc1c(Nc2cc(C)[nH]n2)nc(Sc2ccc(S(=O)(=O)Cc3cccc(Br)c3F)cc2F)nc1N1CCCCC1. The Labute approximate surface area is 249 Å². The zero-order chi connectivity index (χ0) is 29.1. The van der Waals surface area contributed by atoms with E-state index in [-0.39, 0.29) is 25.0 Å². The predicted octanol–water partition coefficient (Wildman–Crippen LogP) is 6.42. The van der Waals surface area contributed by atoms with E-state index < -0.39 is 27.2 Å². The second-order valence-corrected chi connectivity index (χ2v) is 13.3. The summed E-state index contributed by atoms with van der Waals surface area (Å²) in [6, 6.07) is 9.82. The highest BCUT2D eigenvalue weighted by Crippen LogP contribution is 2.39. The van der Waals surface area contributed by atoms with Gasteiger partial charge in [-0.05, 0) is 78.1 Å². The maximum absolute atomic E-state index is 15.3. The number of anilines is 3. The van der Waals surface area contributed by atoms with Crippen LogP contribution in [0.25, 0.3) is 0 Å². The van der Waals surface area contributed by atoms with Crippen LogP contribution in [0.3, 0.4) is 0 Å². The van der Waals surface area contributed by atoms with Crippen molar-refractivity contribution in [3.8, 4) is 5.75 Å². The van der Waals surface area contributed by atoms with Gasteiger partial charge in [0.2, 0.25) is 5.75 Å². The summed E-state index contributed by atoms with van der Waals surface area (Å²) in [5.74, 6) is -0.113. The molecule has 2 N–H and O–H groups in total. The molecule has 1 aliphatic heterocycles. The maximum atomic E-state index is 15.3. The molecule has 3 heterocycles. The zero-order valence-corrected chi connectivity index (χ0v) is 25.5. The van der Waals surface area contributed by atoms with E-state index in [0.29, 0.717) is 23.2 Å². The van der Waals surface area contributed by atoms with Crippen LogP contribution in [0.2, 0.25) is 0 Å². The number of aryl methyl sites for hydroxylation is 1. The fourth-order valence-electron chi connectivity index (χ4n) is 4.46. The fraction of sp³-hybridized carbons (Fsp3) is 0.296. The van der Waals surface area contributed by atoms with Crippen molar-refractivity contribution >= 4 is 55.0 Å². The van der Waals surface area contributed by atoms with Crippen LogP contribution in [0.1, 0.15) is 30.5 Å². The van der Waals surface area contributed by atoms with Gasteiger partial charge in [0, 0.05) is 30.4 Å². The average molecular weight is 666 g/mol. The monoisotopic (exact) mass is 664 g/mol. The summed E-state index contributed by atoms with van der Waals surface area (Å²) >= 11 is 4.02. The molecule has 0 saturated carbocycles. The number of halogens is 3. The Morgan fingerprint density at radius 3 is 2.59 bits per heavy atom. The van der Waals surface area contributed by atoms with Gasteiger partial charge in [0.15, 0.2) is 32.4 Å². The van der Waals surface area contributed by atoms with Crippen LogP contribution >= 0.6 is 27.7 Å². The molecular weight excluding hydrogens is 638 g/mol. The van der Waals surface area contributed by atoms with Crippen LogP contribution in [0.5, 0.6) is 5.75 Å². The summed E-state index contributed by atoms with van der Waals surface area (Å²) in [7, 11) is -2.48. The molecule has 0 unspecified atom stereocenters. The van der Waals surface area contributed by atoms with E-state index in [2.05, 4.69) is 41.3 Å². The number of aromatic nitrogens is 4. The molecular formula is C27H27BrF2N6O3S2. The molecule has 4 aromatic rings. The third kappa shape index (κ3) is 6.65. The third-order valence-corrected chi connectivity index (χ3v) is 9.67. The number of nitrogens with one attached hydrogen (secondary N) is 2. The van der Waals surface area contributed by atoms with E-state index in [0.717, 1.165) is 55.9 Å². The Balaban J connectivity index is 1.46. The molecule has 0 bridgehead atoms. The van der Waals surface area contributed by atoms with Gasteiger partial charge in [-0.2, -0.15) is 5.10 Å². The number of nitrogens with zero attached hydrogens (tertiary/aromatic N) is 4. The summed E-state index contributed by atoms with van der Waals surface area (Å²) in [5.41, 5.74) is 0.841. The number of hydrogen-bond acceptors (Lipinski definition) is 9. The van der Waals surface area contributed by atoms with E-state index in [9.17, 15) is 12.8 Å². The van der Waals surface area contributed by atoms with Crippen molar-refractivity contribution < 1.29 is 21.9 Å². The van der Waals surface area contributed by atoms with Crippen LogP contribution in [0, 0.1) is 18.6 Å². The number of piperidine rings is 1. The number of ether oxygens (including phenoxy) is 1. The highest BCUT2D eigenvalue weighted by molar-refractivity contribution is 9.10. The molecule has 1 aliphatic rings. The van der Waals surface area contributed by atoms with Crippen LogP contribution in [-0.2, 0) is 15.6 Å². The minimum atomic E-state index is -4.02. The molecule has 2 aromatic heterocycles. The lowest BCUT2D eigenvalue weighted by atomic mass is 10.1. The van der Waals surface area contributed by atoms with Crippen molar-refractivity contribution in [2.45, 2.75) is 46.9 Å². The first-order chi connectivity index (χ1) is 19.6. The number of aromatic amines is 1. The molecule has 41 heavy (non-hydrogen) atoms. The summed E-state index contributed by atoms with van der Waals surface area (Å²) < 4.78 is 61.5. The first-order valence-corrected chi connectivity index (χ1v) is 16.0. The van der Waals surface area contributed by atoms with E-state index in [1.807, 2.05) is 13.0 Å². The Morgan fingerprint density at radius 2 is 1.90 bits per heavy atom. The number of sulfone groups is 1. The number of rotatable bonds is 9. The molecule has 9 nitrogen and oxygen atoms in total. The van der Waals surface area contributed by atoms with Gasteiger partial charge in [-0.1, -0.05) is 12.1 Å². The van der Waals surface area contributed by atoms with Crippen molar-refractivity contribution in [2.75, 3.05) is 30.4 Å². The second-order valence-electron chi connectivity index (χ2n) is 9.49. The van der Waals surface area contributed by atoms with Crippen molar-refractivity contribution in [3.05, 3.63) is 69.8 Å². The van der Waals surface area contributed by atoms with Gasteiger partial charge >= 0.3 is 0 Å². The van der Waals surface area contributed by atoms with Gasteiger partial charge in [0.25, 0.3) is 0 Å². The van der Waals surface area contributed by atoms with Crippen LogP contribution in [0.4, 0.5) is 26.2 Å². The van der Waals surface area contributed by atoms with E-state index in [1.165, 1.54) is 24.3 Å². The topological polar surface area (TPSA) is 113 Å². The fourth-order valence-corrected chi connectivity index (χ4v) is 6.99. The molecule has 1 fully saturated rings. The summed E-state index contributed by atoms with van der Waals surface area (Å²) in [6.07, 6.45) is 3.13. The lowest BCUT2D eigenvalue weighted by Crippen LogP contribution is -2.31. The lowest BCUT2D eigenvalue weighted by molar-refractivity contribution is 0.409. The molecule has 1 saturated heterocycles. The zero-order valence-electron chi connectivity index (χ0n) is 22.2. The van der Waals surface area contributed by atoms with Gasteiger partial charge in [-0.25, -0.2) is 27.2 Å². The standard InChI is InChI=1S/C27H27BrF2N6O3S2/c1-16-13-22(35-34-16)31-25-24(39-2)26(36-11-4-3-5-12-36)33-27(32-25)40-21-10-9-18(14-20(21)29)41(37,38)15-17-7-6-8-19(28)23(17)30/h6-10,13-14H,3-5,11-12,15H2,1-2H3,(H2,31,32,33,34,35). The largest absolute Gasteiger partial charge is 0.490 e. The van der Waals surface area contributed by atoms with Crippen LogP contribution in [-0.4, -0.2) is 48.8 Å². The molecule has 14 heteroatoms. The van der Waals surface area contributed by atoms with Crippen LogP contribution in [0.15, 0.2) is 61.9 Å². The van der Waals surface area contributed by atoms with Gasteiger partial charge in [0.1, 0.15) is 11.6 Å². The highest BCUT2D eigenvalue weighted by atomic mass is 79.9. The number of H-pyrrole nitrogens is 1. The Kier molecular flexibility index (Phi) is 8.80. The van der Waals surface area contributed by atoms with Gasteiger partial charge < -0.3 is 15.0 Å². The smallest absolute Gasteiger partial charge is 0.204 e. The summed E-state index contributed by atoms with van der Waals surface area (Å²) in [5, 5.41) is 10.5. The first kappa shape index (κ1) is 29.3. The highest BCUT2D eigenvalue weighted by Gasteiger charge is 2.25. The summed E-state index contributed by atoms with van der Waals surface area (Å²) in [6.45, 7) is 3.45. The number of benzene rings is 2. The van der Waals surface area contributed by atoms with E-state index in [1.54, 1.807) is 13.2 Å². The maximum Gasteiger partial charge on any atom is 0.204 e. The molecule has 0 radical (unpaired) electrons. The first-order valence-electron chi connectivity index (χ1n) is 12.8. The van der Waals surface area contributed by atoms with Crippen molar-refractivity contribution in [3.63, 3.8) is 0 Å². The quantitative estimate of drug-likeness (QED) is 0.196. The van der Waals surface area contributed by atoms with E-state index >= 15 is 4.39 Å². The molecule has 5 rings (SSSR count). The minimum absolute atomic E-state index is 0.0118. The molecule has 2 aromatic carbocycles.